The lowest BCUT2D eigenvalue weighted by atomic mass is 9.50. The van der Waals surface area contributed by atoms with Crippen LogP contribution in [0.25, 0.3) is 0 Å². The van der Waals surface area contributed by atoms with E-state index in [0.717, 1.165) is 24.2 Å². The Morgan fingerprint density at radius 3 is 2.32 bits per heavy atom. The van der Waals surface area contributed by atoms with E-state index in [4.69, 9.17) is 4.74 Å². The molecular weight excluding hydrogens is 236 g/mol. The van der Waals surface area contributed by atoms with Gasteiger partial charge in [0, 0.05) is 6.92 Å². The van der Waals surface area contributed by atoms with Crippen LogP contribution in [0.3, 0.4) is 0 Å². The summed E-state index contributed by atoms with van der Waals surface area (Å²) in [7, 11) is 0. The average Bonchev–Trinajstić information content (AvgIpc) is 2.33. The van der Waals surface area contributed by atoms with Crippen LogP contribution < -0.4 is 0 Å². The highest BCUT2D eigenvalue weighted by molar-refractivity contribution is 5.66. The molecule has 0 aromatic rings. The van der Waals surface area contributed by atoms with Crippen molar-refractivity contribution in [1.82, 2.24) is 0 Å². The van der Waals surface area contributed by atoms with Crippen LogP contribution in [0.2, 0.25) is 0 Å². The lowest BCUT2D eigenvalue weighted by Gasteiger charge is -2.55. The Hall–Kier alpha value is -0.530. The second kappa shape index (κ2) is 5.46. The summed E-state index contributed by atoms with van der Waals surface area (Å²) in [5.41, 5.74) is 0.490. The lowest BCUT2D eigenvalue weighted by molar-refractivity contribution is -0.155. The Kier molecular flexibility index (Phi) is 4.27. The highest BCUT2D eigenvalue weighted by Crippen LogP contribution is 2.57. The first-order valence-corrected chi connectivity index (χ1v) is 7.98. The molecular formula is C17H30O2. The molecule has 19 heavy (non-hydrogen) atoms. The summed E-state index contributed by atoms with van der Waals surface area (Å²) in [4.78, 5) is 11.3. The van der Waals surface area contributed by atoms with Crippen molar-refractivity contribution in [1.29, 1.82) is 0 Å². The molecule has 2 aliphatic carbocycles. The van der Waals surface area contributed by atoms with E-state index in [0.29, 0.717) is 11.3 Å². The third-order valence-electron chi connectivity index (χ3n) is 5.78. The number of carbonyl (C=O) groups is 1. The van der Waals surface area contributed by atoms with Crippen molar-refractivity contribution in [3.63, 3.8) is 0 Å². The molecule has 5 unspecified atom stereocenters. The monoisotopic (exact) mass is 266 g/mol. The van der Waals surface area contributed by atoms with Crippen LogP contribution in [0.5, 0.6) is 0 Å². The quantitative estimate of drug-likeness (QED) is 0.656. The SMILES string of the molecule is CC(=O)OC1CCC(C)CCC2C(CC2(C)C)C1C. The molecule has 110 valence electrons. The van der Waals surface area contributed by atoms with Gasteiger partial charge in [-0.1, -0.05) is 34.1 Å². The van der Waals surface area contributed by atoms with Gasteiger partial charge in [-0.25, -0.2) is 0 Å². The summed E-state index contributed by atoms with van der Waals surface area (Å²) < 4.78 is 5.62. The van der Waals surface area contributed by atoms with E-state index in [1.807, 2.05) is 0 Å². The fourth-order valence-electron chi connectivity index (χ4n) is 4.45. The van der Waals surface area contributed by atoms with Crippen LogP contribution in [0.4, 0.5) is 0 Å². The van der Waals surface area contributed by atoms with Gasteiger partial charge in [0.05, 0.1) is 0 Å². The minimum Gasteiger partial charge on any atom is -0.462 e. The Morgan fingerprint density at radius 1 is 1.11 bits per heavy atom. The van der Waals surface area contributed by atoms with Crippen molar-refractivity contribution < 1.29 is 9.53 Å². The first-order valence-electron chi connectivity index (χ1n) is 7.98. The molecule has 2 aliphatic rings. The fraction of sp³-hybridized carbons (Fsp3) is 0.941. The normalized spacial score (nSPS) is 42.1. The summed E-state index contributed by atoms with van der Waals surface area (Å²) in [5, 5.41) is 0. The molecule has 0 saturated heterocycles. The van der Waals surface area contributed by atoms with E-state index in [1.165, 1.54) is 25.7 Å². The number of carbonyl (C=O) groups excluding carboxylic acids is 1. The summed E-state index contributed by atoms with van der Waals surface area (Å²) in [6, 6.07) is 0. The molecule has 0 spiro atoms. The summed E-state index contributed by atoms with van der Waals surface area (Å²) in [6.45, 7) is 11.0. The van der Waals surface area contributed by atoms with Gasteiger partial charge >= 0.3 is 5.97 Å². The zero-order valence-corrected chi connectivity index (χ0v) is 13.2. The van der Waals surface area contributed by atoms with Crippen molar-refractivity contribution in [2.75, 3.05) is 0 Å². The van der Waals surface area contributed by atoms with Crippen molar-refractivity contribution in [3.8, 4) is 0 Å². The summed E-state index contributed by atoms with van der Waals surface area (Å²) in [6.07, 6.45) is 6.38. The first kappa shape index (κ1) is 14.9. The number of hydrogen-bond donors (Lipinski definition) is 0. The molecule has 0 bridgehead atoms. The maximum absolute atomic E-state index is 11.3. The first-order chi connectivity index (χ1) is 8.81. The van der Waals surface area contributed by atoms with Crippen LogP contribution >= 0.6 is 0 Å². The van der Waals surface area contributed by atoms with Gasteiger partial charge < -0.3 is 4.74 Å². The van der Waals surface area contributed by atoms with Crippen molar-refractivity contribution in [2.24, 2.45) is 29.1 Å². The van der Waals surface area contributed by atoms with Gasteiger partial charge in [0.15, 0.2) is 0 Å². The lowest BCUT2D eigenvalue weighted by Crippen LogP contribution is -2.49. The van der Waals surface area contributed by atoms with Gasteiger partial charge in [-0.3, -0.25) is 4.79 Å². The van der Waals surface area contributed by atoms with Gasteiger partial charge in [-0.2, -0.15) is 0 Å². The molecule has 0 amide bonds. The molecule has 0 aromatic carbocycles. The number of hydrogen-bond acceptors (Lipinski definition) is 2. The minimum atomic E-state index is -0.112. The Balaban J connectivity index is 2.12. The molecule has 2 nitrogen and oxygen atoms in total. The minimum absolute atomic E-state index is 0.112. The number of rotatable bonds is 1. The number of esters is 1. The highest BCUT2D eigenvalue weighted by Gasteiger charge is 2.50. The Labute approximate surface area is 118 Å². The van der Waals surface area contributed by atoms with Gasteiger partial charge in [-0.05, 0) is 54.8 Å². The topological polar surface area (TPSA) is 26.3 Å². The summed E-state index contributed by atoms with van der Waals surface area (Å²) >= 11 is 0. The molecule has 2 fully saturated rings. The average molecular weight is 266 g/mol. The molecule has 0 radical (unpaired) electrons. The van der Waals surface area contributed by atoms with E-state index in [2.05, 4.69) is 27.7 Å². The molecule has 2 heteroatoms. The Bertz CT molecular complexity index is 334. The van der Waals surface area contributed by atoms with Crippen molar-refractivity contribution in [3.05, 3.63) is 0 Å². The second-order valence-electron chi connectivity index (χ2n) is 7.73. The predicted octanol–water partition coefficient (Wildman–Crippen LogP) is 4.43. The second-order valence-corrected chi connectivity index (χ2v) is 7.73. The zero-order chi connectivity index (χ0) is 14.2. The largest absolute Gasteiger partial charge is 0.462 e. The van der Waals surface area contributed by atoms with Crippen molar-refractivity contribution >= 4 is 5.97 Å². The van der Waals surface area contributed by atoms with Gasteiger partial charge in [0.25, 0.3) is 0 Å². The van der Waals surface area contributed by atoms with Crippen LogP contribution in [-0.4, -0.2) is 12.1 Å². The molecule has 0 N–H and O–H groups in total. The van der Waals surface area contributed by atoms with E-state index < -0.39 is 0 Å². The standard InChI is InChI=1S/C17H30O2/c1-11-6-8-15-14(10-17(15,4)5)12(2)16(9-7-11)19-13(3)18/h11-12,14-16H,6-10H2,1-5H3. The van der Waals surface area contributed by atoms with Crippen LogP contribution in [-0.2, 0) is 9.53 Å². The van der Waals surface area contributed by atoms with Crippen LogP contribution in [0, 0.1) is 29.1 Å². The molecule has 0 heterocycles. The van der Waals surface area contributed by atoms with Crippen LogP contribution in [0.1, 0.15) is 66.7 Å². The van der Waals surface area contributed by atoms with E-state index in [1.54, 1.807) is 6.92 Å². The van der Waals surface area contributed by atoms with Gasteiger partial charge in [0.2, 0.25) is 0 Å². The third kappa shape index (κ3) is 3.14. The maximum atomic E-state index is 11.3. The molecule has 0 aromatic heterocycles. The van der Waals surface area contributed by atoms with Crippen molar-refractivity contribution in [2.45, 2.75) is 72.8 Å². The van der Waals surface area contributed by atoms with E-state index >= 15 is 0 Å². The molecule has 2 rings (SSSR count). The van der Waals surface area contributed by atoms with Crippen LogP contribution in [0.15, 0.2) is 0 Å². The fourth-order valence-corrected chi connectivity index (χ4v) is 4.45. The predicted molar refractivity (Wildman–Crippen MR) is 77.7 cm³/mol. The zero-order valence-electron chi connectivity index (χ0n) is 13.2. The van der Waals surface area contributed by atoms with E-state index in [-0.39, 0.29) is 12.1 Å². The van der Waals surface area contributed by atoms with Gasteiger partial charge in [-0.15, -0.1) is 0 Å². The maximum Gasteiger partial charge on any atom is 0.302 e. The van der Waals surface area contributed by atoms with Gasteiger partial charge in [0.1, 0.15) is 6.10 Å². The Morgan fingerprint density at radius 2 is 1.74 bits per heavy atom. The highest BCUT2D eigenvalue weighted by atomic mass is 16.5. The van der Waals surface area contributed by atoms with E-state index in [9.17, 15) is 4.79 Å². The molecule has 2 saturated carbocycles. The number of fused-ring (bicyclic) bond motifs is 1. The molecule has 0 aliphatic heterocycles. The smallest absolute Gasteiger partial charge is 0.302 e. The number of ether oxygens (including phenoxy) is 1. The molecule has 5 atom stereocenters. The summed E-state index contributed by atoms with van der Waals surface area (Å²) in [5.74, 6) is 2.75. The third-order valence-corrected chi connectivity index (χ3v) is 5.78.